The summed E-state index contributed by atoms with van der Waals surface area (Å²) in [5.41, 5.74) is 7.01. The molecule has 2 aliphatic carbocycles. The number of ether oxygens (including phenoxy) is 4. The molecule has 0 aliphatic heterocycles. The molecule has 0 spiro atoms. The van der Waals surface area contributed by atoms with Gasteiger partial charge in [0, 0.05) is 0 Å². The normalized spacial score (nSPS) is 20.5. The van der Waals surface area contributed by atoms with E-state index in [9.17, 15) is 9.59 Å². The van der Waals surface area contributed by atoms with E-state index in [0.717, 1.165) is 57.8 Å². The lowest BCUT2D eigenvalue weighted by atomic mass is 9.80. The molecule has 2 saturated carbocycles. The van der Waals surface area contributed by atoms with E-state index < -0.39 is 25.2 Å². The van der Waals surface area contributed by atoms with Gasteiger partial charge in [0.05, 0.1) is 49.8 Å². The van der Waals surface area contributed by atoms with Gasteiger partial charge in [-0.3, -0.25) is 0 Å². The van der Waals surface area contributed by atoms with Crippen LogP contribution in [-0.2, 0) is 35.0 Å². The lowest BCUT2D eigenvalue weighted by Gasteiger charge is -2.29. The number of unbranched alkanes of at least 4 members (excludes halogenated alkanes) is 4. The van der Waals surface area contributed by atoms with Gasteiger partial charge < -0.3 is 29.2 Å². The molecule has 0 amide bonds. The van der Waals surface area contributed by atoms with E-state index in [0.29, 0.717) is 25.0 Å². The number of hydrogen-bond donors (Lipinski definition) is 2. The second kappa shape index (κ2) is 21.9. The molecule has 0 unspecified atom stereocenters. The molecule has 51 heavy (non-hydrogen) atoms. The minimum atomic E-state index is -0.573. The van der Waals surface area contributed by atoms with Gasteiger partial charge in [-0.15, -0.1) is 0 Å². The van der Waals surface area contributed by atoms with Gasteiger partial charge in [-0.05, 0) is 104 Å². The highest BCUT2D eigenvalue weighted by atomic mass is 16.6. The van der Waals surface area contributed by atoms with E-state index in [1.165, 1.54) is 59.9 Å². The predicted molar refractivity (Wildman–Crippen MR) is 201 cm³/mol. The highest BCUT2D eigenvalue weighted by molar-refractivity contribution is 5.88. The smallest absolute Gasteiger partial charge is 0.335 e. The molecular formula is C43H60O8. The van der Waals surface area contributed by atoms with Crippen molar-refractivity contribution in [2.45, 2.75) is 121 Å². The van der Waals surface area contributed by atoms with Crippen LogP contribution < -0.4 is 0 Å². The maximum absolute atomic E-state index is 11.7. The van der Waals surface area contributed by atoms with Crippen molar-refractivity contribution in [1.82, 2.24) is 0 Å². The number of carbonyl (C=O) groups excluding carboxylic acids is 2. The van der Waals surface area contributed by atoms with Gasteiger partial charge in [-0.1, -0.05) is 88.2 Å². The van der Waals surface area contributed by atoms with Gasteiger partial charge in [-0.25, -0.2) is 9.59 Å². The topological polar surface area (TPSA) is 112 Å². The number of aliphatic hydroxyl groups excluding tert-OH is 2. The Morgan fingerprint density at radius 1 is 0.647 bits per heavy atom. The summed E-state index contributed by atoms with van der Waals surface area (Å²) in [5.74, 6) is -0.105. The molecule has 8 nitrogen and oxygen atoms in total. The van der Waals surface area contributed by atoms with Crippen LogP contribution in [0.2, 0.25) is 0 Å². The second-order valence-corrected chi connectivity index (χ2v) is 14.2. The van der Waals surface area contributed by atoms with Crippen LogP contribution in [0.5, 0.6) is 0 Å². The average molecular weight is 705 g/mol. The molecule has 2 aromatic carbocycles. The maximum Gasteiger partial charge on any atom is 0.335 e. The molecule has 2 fully saturated rings. The van der Waals surface area contributed by atoms with Crippen molar-refractivity contribution in [2.75, 3.05) is 39.6 Å². The van der Waals surface area contributed by atoms with Crippen LogP contribution in [0.25, 0.3) is 11.1 Å². The molecule has 2 aliphatic rings. The van der Waals surface area contributed by atoms with E-state index in [-0.39, 0.29) is 36.6 Å². The van der Waals surface area contributed by atoms with Crippen LogP contribution in [0.4, 0.5) is 0 Å². The minimum absolute atomic E-state index is 0.0573. The van der Waals surface area contributed by atoms with E-state index in [2.05, 4.69) is 62.5 Å². The van der Waals surface area contributed by atoms with Gasteiger partial charge >= 0.3 is 11.9 Å². The Kier molecular flexibility index (Phi) is 17.4. The fourth-order valence-electron chi connectivity index (χ4n) is 7.37. The van der Waals surface area contributed by atoms with Gasteiger partial charge in [0.15, 0.2) is 0 Å². The largest absolute Gasteiger partial charge is 0.460 e. The molecule has 0 bridgehead atoms. The third kappa shape index (κ3) is 13.0. The zero-order valence-corrected chi connectivity index (χ0v) is 30.8. The Balaban J connectivity index is 1.29. The zero-order chi connectivity index (χ0) is 36.4. The van der Waals surface area contributed by atoms with Gasteiger partial charge in [0.1, 0.15) is 13.2 Å². The summed E-state index contributed by atoms with van der Waals surface area (Å²) in [6.07, 6.45) is 16.0. The molecule has 2 N–H and O–H groups in total. The van der Waals surface area contributed by atoms with Crippen LogP contribution in [0.3, 0.4) is 0 Å². The minimum Gasteiger partial charge on any atom is -0.460 e. The third-order valence-electron chi connectivity index (χ3n) is 10.5. The number of hydrogen-bond acceptors (Lipinski definition) is 8. The monoisotopic (exact) mass is 704 g/mol. The molecule has 0 heterocycles. The first-order valence-electron chi connectivity index (χ1n) is 19.2. The Morgan fingerprint density at radius 3 is 1.65 bits per heavy atom. The number of aryl methyl sites for hydroxylation is 1. The number of rotatable bonds is 21. The number of esters is 2. The van der Waals surface area contributed by atoms with Crippen LogP contribution >= 0.6 is 0 Å². The summed E-state index contributed by atoms with van der Waals surface area (Å²) in [5, 5.41) is 18.0. The van der Waals surface area contributed by atoms with E-state index in [4.69, 9.17) is 29.2 Å². The summed E-state index contributed by atoms with van der Waals surface area (Å²) in [4.78, 5) is 23.3. The van der Waals surface area contributed by atoms with Gasteiger partial charge in [0.25, 0.3) is 0 Å². The SMILES string of the molecule is C=C(CO)C(=O)OCCOC1CCC(c2ccc(-c3ccc(C4CCC(OCCOC(=O)C(=C)CO)CC4)cc3CCCCCCC)cc2)CC1. The van der Waals surface area contributed by atoms with Gasteiger partial charge in [0.2, 0.25) is 0 Å². The molecule has 0 atom stereocenters. The molecule has 0 aromatic heterocycles. The molecule has 2 aromatic rings. The van der Waals surface area contributed by atoms with Crippen molar-refractivity contribution in [3.8, 4) is 11.1 Å². The Labute approximate surface area is 305 Å². The number of benzene rings is 2. The highest BCUT2D eigenvalue weighted by Gasteiger charge is 2.25. The molecule has 0 radical (unpaired) electrons. The van der Waals surface area contributed by atoms with E-state index in [1.54, 1.807) is 0 Å². The van der Waals surface area contributed by atoms with Crippen LogP contribution in [0, 0.1) is 0 Å². The van der Waals surface area contributed by atoms with Crippen molar-refractivity contribution < 1.29 is 38.7 Å². The molecule has 8 heteroatoms. The fourth-order valence-corrected chi connectivity index (χ4v) is 7.37. The number of carbonyl (C=O) groups is 2. The van der Waals surface area contributed by atoms with Crippen molar-refractivity contribution >= 4 is 11.9 Å². The maximum atomic E-state index is 11.7. The molecule has 280 valence electrons. The first-order valence-corrected chi connectivity index (χ1v) is 19.2. The van der Waals surface area contributed by atoms with Crippen LogP contribution in [0.1, 0.15) is 119 Å². The Bertz CT molecular complexity index is 1380. The third-order valence-corrected chi connectivity index (χ3v) is 10.5. The average Bonchev–Trinajstić information content (AvgIpc) is 3.17. The lowest BCUT2D eigenvalue weighted by Crippen LogP contribution is -2.23. The molecular weight excluding hydrogens is 644 g/mol. The standard InChI is InChI=1S/C43H60O8/c1-4-5-6-7-8-9-38-28-37(35-16-21-40(22-17-35)49-25-27-51-43(47)32(3)30-45)18-23-41(38)36-12-10-33(11-13-36)34-14-19-39(20-15-34)48-24-26-50-42(46)31(2)29-44/h10-13,18,23,28,34-35,39-40,44-45H,2-9,14-17,19-22,24-27,29-30H2,1H3. The zero-order valence-electron chi connectivity index (χ0n) is 30.8. The summed E-state index contributed by atoms with van der Waals surface area (Å²) >= 11 is 0. The Morgan fingerprint density at radius 2 is 1.14 bits per heavy atom. The quantitative estimate of drug-likeness (QED) is 0.0762. The Hall–Kier alpha value is -3.30. The summed E-state index contributed by atoms with van der Waals surface area (Å²) < 4.78 is 22.2. The van der Waals surface area contributed by atoms with Gasteiger partial charge in [-0.2, -0.15) is 0 Å². The lowest BCUT2D eigenvalue weighted by molar-refractivity contribution is -0.142. The summed E-state index contributed by atoms with van der Waals surface area (Å²) in [6.45, 7) is 9.50. The summed E-state index contributed by atoms with van der Waals surface area (Å²) in [7, 11) is 0. The highest BCUT2D eigenvalue weighted by Crippen LogP contribution is 2.38. The van der Waals surface area contributed by atoms with Crippen molar-refractivity contribution in [3.05, 3.63) is 83.5 Å². The van der Waals surface area contributed by atoms with Crippen molar-refractivity contribution in [2.24, 2.45) is 0 Å². The first kappa shape index (κ1) is 40.5. The predicted octanol–water partition coefficient (Wildman–Crippen LogP) is 8.14. The first-order chi connectivity index (χ1) is 24.8. The number of aliphatic hydroxyl groups is 2. The second-order valence-electron chi connectivity index (χ2n) is 14.2. The van der Waals surface area contributed by atoms with Crippen molar-refractivity contribution in [1.29, 1.82) is 0 Å². The van der Waals surface area contributed by atoms with Crippen LogP contribution in [-0.4, -0.2) is 74.0 Å². The molecule has 4 rings (SSSR count). The molecule has 0 saturated heterocycles. The van der Waals surface area contributed by atoms with Crippen LogP contribution in [0.15, 0.2) is 66.8 Å². The fraction of sp³-hybridized carbons (Fsp3) is 0.581. The van der Waals surface area contributed by atoms with E-state index in [1.807, 2.05) is 0 Å². The van der Waals surface area contributed by atoms with Crippen molar-refractivity contribution in [3.63, 3.8) is 0 Å². The van der Waals surface area contributed by atoms with E-state index >= 15 is 0 Å². The summed E-state index contributed by atoms with van der Waals surface area (Å²) in [6, 6.07) is 16.4.